The Balaban J connectivity index is 1.79. The highest BCUT2D eigenvalue weighted by Crippen LogP contribution is 2.34. The lowest BCUT2D eigenvalue weighted by atomic mass is 10.2. The number of para-hydroxylation sites is 2. The van der Waals surface area contributed by atoms with Crippen molar-refractivity contribution in [1.82, 2.24) is 9.55 Å². The lowest BCUT2D eigenvalue weighted by molar-refractivity contribution is 0.411. The average Bonchev–Trinajstić information content (AvgIpc) is 3.04. The van der Waals surface area contributed by atoms with Gasteiger partial charge in [0.05, 0.1) is 23.2 Å². The highest BCUT2D eigenvalue weighted by atomic mass is 35.5. The number of halogens is 2. The smallest absolute Gasteiger partial charge is 0.148 e. The van der Waals surface area contributed by atoms with Gasteiger partial charge in [-0.15, -0.1) is 0 Å². The zero-order valence-corrected chi connectivity index (χ0v) is 14.8. The van der Waals surface area contributed by atoms with Crippen molar-refractivity contribution < 1.29 is 5.11 Å². The molecule has 2 N–H and O–H groups in total. The molecule has 0 amide bonds. The van der Waals surface area contributed by atoms with Crippen LogP contribution in [0.1, 0.15) is 5.82 Å². The molecule has 0 bridgehead atoms. The molecule has 2 aromatic carbocycles. The Morgan fingerprint density at radius 1 is 1.12 bits per heavy atom. The third kappa shape index (κ3) is 2.56. The van der Waals surface area contributed by atoms with Crippen LogP contribution in [0.4, 0.5) is 5.69 Å². The summed E-state index contributed by atoms with van der Waals surface area (Å²) in [5, 5.41) is 20.0. The fraction of sp³-hybridized carbons (Fsp3) is 0.111. The molecule has 0 saturated heterocycles. The fourth-order valence-electron chi connectivity index (χ4n) is 3.10. The second-order valence-corrected chi connectivity index (χ2v) is 6.74. The predicted molar refractivity (Wildman–Crippen MR) is 102 cm³/mol. The van der Waals surface area contributed by atoms with Gasteiger partial charge in [-0.2, -0.15) is 0 Å². The molecule has 1 aromatic heterocycles. The van der Waals surface area contributed by atoms with E-state index in [-0.39, 0.29) is 18.1 Å². The first-order chi connectivity index (χ1) is 12.0. The van der Waals surface area contributed by atoms with Crippen LogP contribution in [0.5, 0.6) is 0 Å². The number of aliphatic hydroxyl groups is 1. The Hall–Kier alpha value is -2.50. The van der Waals surface area contributed by atoms with E-state index in [4.69, 9.17) is 28.6 Å². The van der Waals surface area contributed by atoms with Crippen LogP contribution in [0.25, 0.3) is 16.6 Å². The third-order valence-electron chi connectivity index (χ3n) is 4.27. The molecule has 0 unspecified atom stereocenters. The van der Waals surface area contributed by atoms with Gasteiger partial charge in [-0.3, -0.25) is 5.41 Å². The van der Waals surface area contributed by atoms with Crippen molar-refractivity contribution in [3.05, 3.63) is 64.1 Å². The lowest BCUT2D eigenvalue weighted by Gasteiger charge is -2.19. The Morgan fingerprint density at radius 3 is 2.48 bits per heavy atom. The lowest BCUT2D eigenvalue weighted by Crippen LogP contribution is -2.26. The number of anilines is 1. The summed E-state index contributed by atoms with van der Waals surface area (Å²) in [4.78, 5) is 6.24. The van der Waals surface area contributed by atoms with Crippen LogP contribution in [0.3, 0.4) is 0 Å². The zero-order valence-electron chi connectivity index (χ0n) is 13.3. The molecule has 4 rings (SSSR count). The standard InChI is InChI=1S/C18H14Cl2N4O/c1-23-14-5-3-2-4-13(14)22-18(23)16-15(25)9-24(17(16)21)12-7-10(19)6-11(20)8-12/h2-8,21,25H,9H2,1H3. The molecule has 0 aliphatic carbocycles. The molecular weight excluding hydrogens is 359 g/mol. The van der Waals surface area contributed by atoms with Gasteiger partial charge in [-0.1, -0.05) is 35.3 Å². The first-order valence-corrected chi connectivity index (χ1v) is 8.38. The van der Waals surface area contributed by atoms with E-state index in [2.05, 4.69) is 4.98 Å². The maximum Gasteiger partial charge on any atom is 0.148 e. The number of imidazole rings is 1. The van der Waals surface area contributed by atoms with E-state index >= 15 is 0 Å². The molecule has 7 heteroatoms. The minimum Gasteiger partial charge on any atom is -0.509 e. The number of aryl methyl sites for hydroxylation is 1. The van der Waals surface area contributed by atoms with Crippen LogP contribution in [0.15, 0.2) is 48.2 Å². The van der Waals surface area contributed by atoms with Crippen LogP contribution in [0, 0.1) is 5.41 Å². The number of amidine groups is 1. The topological polar surface area (TPSA) is 65.1 Å². The molecule has 5 nitrogen and oxygen atoms in total. The van der Waals surface area contributed by atoms with Gasteiger partial charge < -0.3 is 14.6 Å². The summed E-state index contributed by atoms with van der Waals surface area (Å²) in [5.74, 6) is 0.813. The Labute approximate surface area is 154 Å². The molecule has 126 valence electrons. The molecule has 25 heavy (non-hydrogen) atoms. The van der Waals surface area contributed by atoms with Gasteiger partial charge in [0.1, 0.15) is 17.4 Å². The Morgan fingerprint density at radius 2 is 1.80 bits per heavy atom. The summed E-state index contributed by atoms with van der Waals surface area (Å²) >= 11 is 12.1. The van der Waals surface area contributed by atoms with Gasteiger partial charge in [0.2, 0.25) is 0 Å². The number of nitrogens with zero attached hydrogens (tertiary/aromatic N) is 3. The first-order valence-electron chi connectivity index (χ1n) is 7.62. The van der Waals surface area contributed by atoms with E-state index in [0.717, 1.165) is 11.0 Å². The van der Waals surface area contributed by atoms with Gasteiger partial charge >= 0.3 is 0 Å². The number of rotatable bonds is 2. The van der Waals surface area contributed by atoms with Crippen molar-refractivity contribution in [2.75, 3.05) is 11.4 Å². The first kappa shape index (κ1) is 16.0. The van der Waals surface area contributed by atoms with Crippen molar-refractivity contribution in [2.45, 2.75) is 0 Å². The SMILES string of the molecule is Cn1c(C2=C(O)CN(c3cc(Cl)cc(Cl)c3)C2=N)nc2ccccc21. The summed E-state index contributed by atoms with van der Waals surface area (Å²) in [7, 11) is 1.87. The molecule has 0 atom stereocenters. The van der Waals surface area contributed by atoms with E-state index < -0.39 is 0 Å². The van der Waals surface area contributed by atoms with E-state index in [9.17, 15) is 5.11 Å². The molecule has 0 fully saturated rings. The maximum absolute atomic E-state index is 10.5. The second-order valence-electron chi connectivity index (χ2n) is 5.87. The number of hydrogen-bond donors (Lipinski definition) is 2. The maximum atomic E-state index is 10.5. The molecule has 1 aliphatic rings. The van der Waals surface area contributed by atoms with E-state index in [1.807, 2.05) is 35.9 Å². The summed E-state index contributed by atoms with van der Waals surface area (Å²) in [6, 6.07) is 12.8. The van der Waals surface area contributed by atoms with Crippen LogP contribution in [-0.2, 0) is 7.05 Å². The van der Waals surface area contributed by atoms with Crippen molar-refractivity contribution in [3.63, 3.8) is 0 Å². The van der Waals surface area contributed by atoms with Crippen molar-refractivity contribution >= 4 is 51.3 Å². The molecule has 2 heterocycles. The summed E-state index contributed by atoms with van der Waals surface area (Å²) in [5.41, 5.74) is 2.82. The van der Waals surface area contributed by atoms with Gasteiger partial charge in [-0.25, -0.2) is 4.98 Å². The van der Waals surface area contributed by atoms with Gasteiger partial charge in [0.15, 0.2) is 0 Å². The zero-order chi connectivity index (χ0) is 17.7. The molecule has 0 saturated carbocycles. The van der Waals surface area contributed by atoms with Gasteiger partial charge in [-0.05, 0) is 30.3 Å². The summed E-state index contributed by atoms with van der Waals surface area (Å²) < 4.78 is 1.88. The van der Waals surface area contributed by atoms with Gasteiger partial charge in [0.25, 0.3) is 0 Å². The Bertz CT molecular complexity index is 1030. The largest absolute Gasteiger partial charge is 0.509 e. The van der Waals surface area contributed by atoms with Crippen molar-refractivity contribution in [3.8, 4) is 0 Å². The predicted octanol–water partition coefficient (Wildman–Crippen LogP) is 4.65. The Kier molecular flexibility index (Phi) is 3.71. The monoisotopic (exact) mass is 372 g/mol. The van der Waals surface area contributed by atoms with E-state index in [1.165, 1.54) is 0 Å². The highest BCUT2D eigenvalue weighted by Gasteiger charge is 2.32. The average molecular weight is 373 g/mol. The molecule has 0 spiro atoms. The van der Waals surface area contributed by atoms with Crippen LogP contribution >= 0.6 is 23.2 Å². The van der Waals surface area contributed by atoms with E-state index in [1.54, 1.807) is 23.1 Å². The second kappa shape index (κ2) is 5.79. The van der Waals surface area contributed by atoms with Crippen molar-refractivity contribution in [2.24, 2.45) is 7.05 Å². The van der Waals surface area contributed by atoms with Crippen molar-refractivity contribution in [1.29, 1.82) is 5.41 Å². The number of fused-ring (bicyclic) bond motifs is 1. The molecule has 0 radical (unpaired) electrons. The number of benzene rings is 2. The minimum absolute atomic E-state index is 0.0968. The van der Waals surface area contributed by atoms with E-state index in [0.29, 0.717) is 27.1 Å². The summed E-state index contributed by atoms with van der Waals surface area (Å²) in [6.45, 7) is 0.175. The normalized spacial score (nSPS) is 14.8. The van der Waals surface area contributed by atoms with Crippen LogP contribution < -0.4 is 4.90 Å². The number of hydrogen-bond acceptors (Lipinski definition) is 3. The number of aliphatic hydroxyl groups excluding tert-OH is 1. The fourth-order valence-corrected chi connectivity index (χ4v) is 3.61. The molecular formula is C18H14Cl2N4O. The molecule has 3 aromatic rings. The van der Waals surface area contributed by atoms with Crippen LogP contribution in [0.2, 0.25) is 10.0 Å². The van der Waals surface area contributed by atoms with Gasteiger partial charge in [0, 0.05) is 22.8 Å². The number of nitrogens with one attached hydrogen (secondary N) is 1. The minimum atomic E-state index is 0.0968. The third-order valence-corrected chi connectivity index (χ3v) is 4.71. The highest BCUT2D eigenvalue weighted by molar-refractivity contribution is 6.36. The summed E-state index contributed by atoms with van der Waals surface area (Å²) in [6.07, 6.45) is 0. The number of aromatic nitrogens is 2. The van der Waals surface area contributed by atoms with Crippen LogP contribution in [-0.4, -0.2) is 27.0 Å². The molecule has 1 aliphatic heterocycles. The quantitative estimate of drug-likeness (QED) is 0.688.